The molecular formula is C8H3BrF2N2O. The molecule has 0 aliphatic heterocycles. The lowest BCUT2D eigenvalue weighted by molar-refractivity contribution is 0.111. The van der Waals surface area contributed by atoms with E-state index < -0.39 is 12.0 Å². The fourth-order valence-electron chi connectivity index (χ4n) is 0.864. The second-order valence-corrected chi connectivity index (χ2v) is 3.12. The van der Waals surface area contributed by atoms with E-state index >= 15 is 0 Å². The third-order valence-corrected chi connectivity index (χ3v) is 2.34. The molecule has 0 amide bonds. The van der Waals surface area contributed by atoms with Crippen LogP contribution in [0.15, 0.2) is 10.5 Å². The third-order valence-electron chi connectivity index (χ3n) is 1.47. The highest BCUT2D eigenvalue weighted by Crippen LogP contribution is 2.29. The van der Waals surface area contributed by atoms with Gasteiger partial charge in [-0.1, -0.05) is 0 Å². The Labute approximate surface area is 86.5 Å². The van der Waals surface area contributed by atoms with Gasteiger partial charge in [-0.05, 0) is 22.0 Å². The van der Waals surface area contributed by atoms with E-state index in [4.69, 9.17) is 5.26 Å². The summed E-state index contributed by atoms with van der Waals surface area (Å²) in [5.41, 5.74) is -0.802. The molecule has 1 heterocycles. The summed E-state index contributed by atoms with van der Waals surface area (Å²) in [5, 5.41) is 8.47. The monoisotopic (exact) mass is 260 g/mol. The number of carbonyl (C=O) groups is 1. The van der Waals surface area contributed by atoms with Crippen molar-refractivity contribution in [1.82, 2.24) is 4.98 Å². The summed E-state index contributed by atoms with van der Waals surface area (Å²) in [6, 6.07) is 2.55. The van der Waals surface area contributed by atoms with E-state index in [-0.39, 0.29) is 15.9 Å². The fourth-order valence-corrected chi connectivity index (χ4v) is 1.33. The number of aldehydes is 1. The maximum absolute atomic E-state index is 12.4. The summed E-state index contributed by atoms with van der Waals surface area (Å²) in [7, 11) is 0. The lowest BCUT2D eigenvalue weighted by atomic mass is 10.2. The molecule has 0 aliphatic rings. The first kappa shape index (κ1) is 10.7. The standard InChI is InChI=1S/C8H3BrF2N2O/c9-7-5(8(10)11)1-4(2-12)13-6(7)3-14/h1,3,8H. The van der Waals surface area contributed by atoms with Gasteiger partial charge < -0.3 is 0 Å². The van der Waals surface area contributed by atoms with Crippen LogP contribution in [-0.4, -0.2) is 11.3 Å². The number of carbonyl (C=O) groups excluding carboxylic acids is 1. The molecule has 0 aliphatic carbocycles. The molecule has 1 aromatic heterocycles. The van der Waals surface area contributed by atoms with Gasteiger partial charge in [-0.25, -0.2) is 13.8 Å². The summed E-state index contributed by atoms with van der Waals surface area (Å²) in [6.07, 6.45) is -2.44. The Kier molecular flexibility index (Phi) is 3.25. The topological polar surface area (TPSA) is 53.8 Å². The van der Waals surface area contributed by atoms with Gasteiger partial charge in [-0.2, -0.15) is 5.26 Å². The largest absolute Gasteiger partial charge is 0.296 e. The van der Waals surface area contributed by atoms with Crippen LogP contribution in [0.25, 0.3) is 0 Å². The van der Waals surface area contributed by atoms with E-state index in [1.165, 1.54) is 0 Å². The first-order valence-electron chi connectivity index (χ1n) is 3.44. The number of rotatable bonds is 2. The number of hydrogen-bond acceptors (Lipinski definition) is 3. The number of pyridine rings is 1. The zero-order valence-electron chi connectivity index (χ0n) is 6.67. The zero-order chi connectivity index (χ0) is 10.7. The van der Waals surface area contributed by atoms with Crippen molar-refractivity contribution in [3.63, 3.8) is 0 Å². The average molecular weight is 261 g/mol. The molecule has 0 fully saturated rings. The van der Waals surface area contributed by atoms with E-state index in [1.54, 1.807) is 6.07 Å². The highest BCUT2D eigenvalue weighted by molar-refractivity contribution is 9.10. The van der Waals surface area contributed by atoms with Crippen LogP contribution in [0.4, 0.5) is 8.78 Å². The summed E-state index contributed by atoms with van der Waals surface area (Å²) < 4.78 is 24.7. The van der Waals surface area contributed by atoms with E-state index in [2.05, 4.69) is 20.9 Å². The van der Waals surface area contributed by atoms with Crippen molar-refractivity contribution in [2.24, 2.45) is 0 Å². The molecule has 72 valence electrons. The van der Waals surface area contributed by atoms with Crippen LogP contribution in [0.1, 0.15) is 28.2 Å². The van der Waals surface area contributed by atoms with Gasteiger partial charge in [0, 0.05) is 5.56 Å². The van der Waals surface area contributed by atoms with Crippen LogP contribution in [0.3, 0.4) is 0 Å². The predicted octanol–water partition coefficient (Wildman–Crippen LogP) is 2.47. The molecule has 0 atom stereocenters. The summed E-state index contributed by atoms with van der Waals surface area (Å²) in [4.78, 5) is 14.0. The van der Waals surface area contributed by atoms with E-state index in [0.29, 0.717) is 6.29 Å². The normalized spacial score (nSPS) is 9.93. The van der Waals surface area contributed by atoms with Crippen molar-refractivity contribution in [1.29, 1.82) is 5.26 Å². The Morgan fingerprint density at radius 3 is 2.71 bits per heavy atom. The summed E-state index contributed by atoms with van der Waals surface area (Å²) in [5.74, 6) is 0. The maximum Gasteiger partial charge on any atom is 0.265 e. The van der Waals surface area contributed by atoms with Crippen molar-refractivity contribution >= 4 is 22.2 Å². The molecule has 1 rings (SSSR count). The molecule has 0 saturated carbocycles. The van der Waals surface area contributed by atoms with Gasteiger partial charge >= 0.3 is 0 Å². The van der Waals surface area contributed by atoms with Crippen molar-refractivity contribution in [3.8, 4) is 6.07 Å². The molecule has 0 aromatic carbocycles. The van der Waals surface area contributed by atoms with Gasteiger partial charge in [0.1, 0.15) is 17.5 Å². The van der Waals surface area contributed by atoms with E-state index in [0.717, 1.165) is 6.07 Å². The molecule has 0 saturated heterocycles. The Bertz CT molecular complexity index is 415. The number of nitrogens with zero attached hydrogens (tertiary/aromatic N) is 2. The molecule has 0 unspecified atom stereocenters. The van der Waals surface area contributed by atoms with Gasteiger partial charge in [0.25, 0.3) is 6.43 Å². The van der Waals surface area contributed by atoms with Gasteiger partial charge in [0.05, 0.1) is 4.47 Å². The molecule has 0 spiro atoms. The Morgan fingerprint density at radius 2 is 2.29 bits per heavy atom. The van der Waals surface area contributed by atoms with Crippen molar-refractivity contribution in [2.45, 2.75) is 6.43 Å². The van der Waals surface area contributed by atoms with Crippen molar-refractivity contribution in [3.05, 3.63) is 27.5 Å². The fraction of sp³-hybridized carbons (Fsp3) is 0.125. The van der Waals surface area contributed by atoms with Crippen LogP contribution in [-0.2, 0) is 0 Å². The minimum absolute atomic E-state index is 0.0681. The first-order valence-corrected chi connectivity index (χ1v) is 4.23. The molecule has 6 heteroatoms. The molecule has 0 radical (unpaired) electrons. The van der Waals surface area contributed by atoms with Crippen LogP contribution < -0.4 is 0 Å². The van der Waals surface area contributed by atoms with Gasteiger partial charge in [0.15, 0.2) is 6.29 Å². The minimum atomic E-state index is -2.75. The van der Waals surface area contributed by atoms with Crippen molar-refractivity contribution in [2.75, 3.05) is 0 Å². The number of alkyl halides is 2. The van der Waals surface area contributed by atoms with Crippen LogP contribution in [0.5, 0.6) is 0 Å². The predicted molar refractivity (Wildman–Crippen MR) is 47.0 cm³/mol. The number of aromatic nitrogens is 1. The maximum atomic E-state index is 12.4. The SMILES string of the molecule is N#Cc1cc(C(F)F)c(Br)c(C=O)n1. The number of hydrogen-bond donors (Lipinski definition) is 0. The summed E-state index contributed by atoms with van der Waals surface area (Å²) >= 11 is 2.82. The quantitative estimate of drug-likeness (QED) is 0.768. The molecular weight excluding hydrogens is 258 g/mol. The lowest BCUT2D eigenvalue weighted by Crippen LogP contribution is -1.98. The molecule has 0 bridgehead atoms. The van der Waals surface area contributed by atoms with E-state index in [9.17, 15) is 13.6 Å². The number of nitriles is 1. The second kappa shape index (κ2) is 4.24. The highest BCUT2D eigenvalue weighted by atomic mass is 79.9. The highest BCUT2D eigenvalue weighted by Gasteiger charge is 2.17. The van der Waals surface area contributed by atoms with Crippen LogP contribution in [0, 0.1) is 11.3 Å². The van der Waals surface area contributed by atoms with Gasteiger partial charge in [0.2, 0.25) is 0 Å². The first-order chi connectivity index (χ1) is 6.60. The molecule has 14 heavy (non-hydrogen) atoms. The lowest BCUT2D eigenvalue weighted by Gasteiger charge is -2.04. The van der Waals surface area contributed by atoms with Gasteiger partial charge in [-0.3, -0.25) is 4.79 Å². The molecule has 0 N–H and O–H groups in total. The Balaban J connectivity index is 3.43. The zero-order valence-corrected chi connectivity index (χ0v) is 8.25. The van der Waals surface area contributed by atoms with E-state index in [1.807, 2.05) is 0 Å². The summed E-state index contributed by atoms with van der Waals surface area (Å²) in [6.45, 7) is 0. The third kappa shape index (κ3) is 1.93. The second-order valence-electron chi connectivity index (χ2n) is 2.33. The molecule has 3 nitrogen and oxygen atoms in total. The van der Waals surface area contributed by atoms with Crippen LogP contribution >= 0.6 is 15.9 Å². The average Bonchev–Trinajstić information content (AvgIpc) is 2.17. The van der Waals surface area contributed by atoms with Gasteiger partial charge in [-0.15, -0.1) is 0 Å². The van der Waals surface area contributed by atoms with Crippen LogP contribution in [0.2, 0.25) is 0 Å². The smallest absolute Gasteiger partial charge is 0.265 e. The number of halogens is 3. The van der Waals surface area contributed by atoms with Crippen molar-refractivity contribution < 1.29 is 13.6 Å². The molecule has 1 aromatic rings. The Morgan fingerprint density at radius 1 is 1.64 bits per heavy atom. The minimum Gasteiger partial charge on any atom is -0.296 e. The Hall–Kier alpha value is -1.35.